The van der Waals surface area contributed by atoms with Crippen LogP contribution >= 0.6 is 46.1 Å². The Labute approximate surface area is 170 Å². The number of halogens is 3. The van der Waals surface area contributed by atoms with Gasteiger partial charge in [0.2, 0.25) is 5.91 Å². The number of rotatable bonds is 5. The lowest BCUT2D eigenvalue weighted by Gasteiger charge is -2.02. The van der Waals surface area contributed by atoms with Crippen LogP contribution in [0.2, 0.25) is 15.1 Å². The van der Waals surface area contributed by atoms with E-state index in [0.717, 1.165) is 16.0 Å². The van der Waals surface area contributed by atoms with Gasteiger partial charge in [-0.3, -0.25) is 10.1 Å². The van der Waals surface area contributed by atoms with Crippen LogP contribution < -0.4 is 5.32 Å². The van der Waals surface area contributed by atoms with E-state index >= 15 is 0 Å². The number of nitrogens with zero attached hydrogens (tertiary/aromatic N) is 1. The number of nitrogens with one attached hydrogen (secondary N) is 1. The third-order valence-corrected chi connectivity index (χ3v) is 5.34. The molecule has 1 aromatic heterocycles. The van der Waals surface area contributed by atoms with Crippen LogP contribution in [0.1, 0.15) is 16.0 Å². The van der Waals surface area contributed by atoms with Crippen molar-refractivity contribution in [1.82, 2.24) is 4.98 Å². The third-order valence-electron chi connectivity index (χ3n) is 3.48. The van der Waals surface area contributed by atoms with Crippen LogP contribution in [0.4, 0.5) is 5.13 Å². The molecule has 0 spiro atoms. The fraction of sp³-hybridized carbons (Fsp3) is 0.0526. The maximum atomic E-state index is 12.1. The Morgan fingerprint density at radius 1 is 1.12 bits per heavy atom. The molecule has 7 heteroatoms. The van der Waals surface area contributed by atoms with E-state index in [0.29, 0.717) is 26.6 Å². The number of thiazole rings is 1. The van der Waals surface area contributed by atoms with Crippen molar-refractivity contribution in [3.63, 3.8) is 0 Å². The van der Waals surface area contributed by atoms with Gasteiger partial charge in [-0.15, -0.1) is 11.3 Å². The van der Waals surface area contributed by atoms with Gasteiger partial charge in [0.25, 0.3) is 0 Å². The maximum absolute atomic E-state index is 12.1. The van der Waals surface area contributed by atoms with Crippen molar-refractivity contribution < 1.29 is 4.79 Å². The fourth-order valence-electron chi connectivity index (χ4n) is 2.24. The summed E-state index contributed by atoms with van der Waals surface area (Å²) in [6.07, 6.45) is 5.41. The van der Waals surface area contributed by atoms with Crippen molar-refractivity contribution in [2.75, 3.05) is 5.32 Å². The van der Waals surface area contributed by atoms with E-state index < -0.39 is 0 Å². The Balaban J connectivity index is 1.64. The molecule has 1 N–H and O–H groups in total. The first-order valence-corrected chi connectivity index (χ1v) is 9.58. The molecule has 0 saturated heterocycles. The van der Waals surface area contributed by atoms with Crippen LogP contribution in [0.25, 0.3) is 6.08 Å². The number of aromatic nitrogens is 1. The first kappa shape index (κ1) is 18.9. The molecule has 0 atom stereocenters. The molecule has 26 heavy (non-hydrogen) atoms. The lowest BCUT2D eigenvalue weighted by molar-refractivity contribution is -0.111. The van der Waals surface area contributed by atoms with Gasteiger partial charge in [-0.1, -0.05) is 53.0 Å². The number of carbonyl (C=O) groups excluding carboxylic acids is 1. The van der Waals surface area contributed by atoms with Gasteiger partial charge in [0.15, 0.2) is 5.13 Å². The lowest BCUT2D eigenvalue weighted by Crippen LogP contribution is -2.07. The Hall–Kier alpha value is -1.85. The summed E-state index contributed by atoms with van der Waals surface area (Å²) in [5.74, 6) is -0.272. The Morgan fingerprint density at radius 3 is 2.73 bits per heavy atom. The van der Waals surface area contributed by atoms with Crippen LogP contribution in [-0.4, -0.2) is 10.9 Å². The molecule has 0 radical (unpaired) electrons. The maximum Gasteiger partial charge on any atom is 0.250 e. The second-order valence-electron chi connectivity index (χ2n) is 5.39. The topological polar surface area (TPSA) is 42.0 Å². The number of benzene rings is 2. The minimum atomic E-state index is -0.272. The lowest BCUT2D eigenvalue weighted by atomic mass is 10.1. The summed E-state index contributed by atoms with van der Waals surface area (Å²) in [5.41, 5.74) is 1.69. The Kier molecular flexibility index (Phi) is 6.33. The van der Waals surface area contributed by atoms with Crippen LogP contribution in [-0.2, 0) is 11.2 Å². The Morgan fingerprint density at radius 2 is 1.92 bits per heavy atom. The van der Waals surface area contributed by atoms with E-state index in [1.54, 1.807) is 30.5 Å². The van der Waals surface area contributed by atoms with E-state index in [9.17, 15) is 4.79 Å². The minimum Gasteiger partial charge on any atom is -0.298 e. The third kappa shape index (κ3) is 5.08. The summed E-state index contributed by atoms with van der Waals surface area (Å²) < 4.78 is 0. The molecular formula is C19H13Cl3N2OS. The molecule has 0 aliphatic heterocycles. The van der Waals surface area contributed by atoms with Gasteiger partial charge < -0.3 is 0 Å². The average Bonchev–Trinajstić information content (AvgIpc) is 3.04. The van der Waals surface area contributed by atoms with Crippen molar-refractivity contribution in [3.05, 3.63) is 85.8 Å². The standard InChI is InChI=1S/C19H13Cl3N2OS/c20-14-6-7-17(22)13(9-14)10-15-11-23-19(26-15)24-18(25)8-5-12-3-1-2-4-16(12)21/h1-9,11H,10H2,(H,23,24,25). The Bertz CT molecular complexity index is 969. The van der Waals surface area contributed by atoms with Gasteiger partial charge in [-0.2, -0.15) is 0 Å². The molecule has 0 fully saturated rings. The zero-order valence-corrected chi connectivity index (χ0v) is 16.5. The van der Waals surface area contributed by atoms with Crippen molar-refractivity contribution in [1.29, 1.82) is 0 Å². The highest BCUT2D eigenvalue weighted by Gasteiger charge is 2.08. The number of hydrogen-bond donors (Lipinski definition) is 1. The van der Waals surface area contributed by atoms with Crippen LogP contribution in [0, 0.1) is 0 Å². The van der Waals surface area contributed by atoms with E-state index in [2.05, 4.69) is 10.3 Å². The number of carbonyl (C=O) groups is 1. The molecule has 1 heterocycles. The highest BCUT2D eigenvalue weighted by atomic mass is 35.5. The van der Waals surface area contributed by atoms with Gasteiger partial charge in [0.05, 0.1) is 0 Å². The number of amides is 1. The summed E-state index contributed by atoms with van der Waals surface area (Å²) in [6, 6.07) is 12.6. The smallest absolute Gasteiger partial charge is 0.250 e. The molecule has 0 unspecified atom stereocenters. The first-order chi connectivity index (χ1) is 12.5. The summed E-state index contributed by atoms with van der Waals surface area (Å²) >= 11 is 19.6. The number of anilines is 1. The first-order valence-electron chi connectivity index (χ1n) is 7.63. The predicted molar refractivity (Wildman–Crippen MR) is 110 cm³/mol. The quantitative estimate of drug-likeness (QED) is 0.486. The summed E-state index contributed by atoms with van der Waals surface area (Å²) in [7, 11) is 0. The molecule has 3 rings (SSSR count). The summed E-state index contributed by atoms with van der Waals surface area (Å²) in [5, 5.41) is 5.13. The largest absolute Gasteiger partial charge is 0.298 e. The predicted octanol–water partition coefficient (Wildman–Crippen LogP) is 6.35. The molecule has 3 aromatic rings. The van der Waals surface area contributed by atoms with E-state index in [1.165, 1.54) is 17.4 Å². The van der Waals surface area contributed by atoms with Crippen molar-refractivity contribution in [2.24, 2.45) is 0 Å². The second kappa shape index (κ2) is 8.69. The summed E-state index contributed by atoms with van der Waals surface area (Å²) in [4.78, 5) is 17.2. The fourth-order valence-corrected chi connectivity index (χ4v) is 3.65. The van der Waals surface area contributed by atoms with Crippen molar-refractivity contribution in [2.45, 2.75) is 6.42 Å². The van der Waals surface area contributed by atoms with Gasteiger partial charge in [-0.25, -0.2) is 4.98 Å². The molecule has 132 valence electrons. The monoisotopic (exact) mass is 422 g/mol. The molecule has 3 nitrogen and oxygen atoms in total. The van der Waals surface area contributed by atoms with Gasteiger partial charge in [-0.05, 0) is 41.5 Å². The highest BCUT2D eigenvalue weighted by molar-refractivity contribution is 7.15. The van der Waals surface area contributed by atoms with E-state index in [4.69, 9.17) is 34.8 Å². The normalized spacial score (nSPS) is 11.0. The van der Waals surface area contributed by atoms with Crippen molar-refractivity contribution >= 4 is 63.3 Å². The molecule has 1 amide bonds. The van der Waals surface area contributed by atoms with Crippen LogP contribution in [0.3, 0.4) is 0 Å². The second-order valence-corrected chi connectivity index (χ2v) is 7.75. The average molecular weight is 424 g/mol. The molecule has 0 saturated carbocycles. The molecular weight excluding hydrogens is 411 g/mol. The van der Waals surface area contributed by atoms with E-state index in [-0.39, 0.29) is 5.91 Å². The van der Waals surface area contributed by atoms with Gasteiger partial charge in [0.1, 0.15) is 0 Å². The summed E-state index contributed by atoms with van der Waals surface area (Å²) in [6.45, 7) is 0. The van der Waals surface area contributed by atoms with Gasteiger partial charge in [0, 0.05) is 38.6 Å². The van der Waals surface area contributed by atoms with Crippen LogP contribution in [0.5, 0.6) is 0 Å². The molecule has 2 aromatic carbocycles. The van der Waals surface area contributed by atoms with Crippen LogP contribution in [0.15, 0.2) is 54.7 Å². The zero-order chi connectivity index (χ0) is 18.5. The molecule has 0 aliphatic carbocycles. The highest BCUT2D eigenvalue weighted by Crippen LogP contribution is 2.27. The zero-order valence-electron chi connectivity index (χ0n) is 13.4. The SMILES string of the molecule is O=C(C=Cc1ccccc1Cl)Nc1ncc(Cc2cc(Cl)ccc2Cl)s1. The number of hydrogen-bond acceptors (Lipinski definition) is 3. The molecule has 0 aliphatic rings. The minimum absolute atomic E-state index is 0.272. The molecule has 0 bridgehead atoms. The van der Waals surface area contributed by atoms with E-state index in [1.807, 2.05) is 24.3 Å². The van der Waals surface area contributed by atoms with Crippen molar-refractivity contribution in [3.8, 4) is 0 Å². The van der Waals surface area contributed by atoms with Gasteiger partial charge >= 0.3 is 0 Å².